The minimum atomic E-state index is -0.154. The first-order valence-corrected chi connectivity index (χ1v) is 11.7. The average molecular weight is 427 g/mol. The van der Waals surface area contributed by atoms with Crippen LogP contribution in [0.15, 0.2) is 23.6 Å². The molecule has 4 rings (SSSR count). The van der Waals surface area contributed by atoms with Gasteiger partial charge in [-0.25, -0.2) is 4.98 Å². The number of likely N-dealkylation sites (tertiary alicyclic amines) is 1. The van der Waals surface area contributed by atoms with Crippen molar-refractivity contribution in [3.8, 4) is 0 Å². The molecule has 1 N–H and O–H groups in total. The van der Waals surface area contributed by atoms with E-state index in [1.165, 1.54) is 17.8 Å². The zero-order chi connectivity index (χ0) is 21.3. The molecule has 0 aliphatic carbocycles. The molecule has 2 aliphatic heterocycles. The minimum absolute atomic E-state index is 0.124. The van der Waals surface area contributed by atoms with E-state index in [1.54, 1.807) is 6.07 Å². The standard InChI is InChI=1S/C23H30N4O2S/c1-4-21(28)27-8-7-17-10-18(5-6-20(17)27)22(29)25-23-24-19(14-30-23)13-26-11-15(2)9-16(3)12-26/h5-6,10,14-16H,4,7-9,11-13H2,1-3H3,(H,24,25,29)/t15-,16-/m0/s1. The number of amides is 2. The molecule has 1 aromatic heterocycles. The van der Waals surface area contributed by atoms with Gasteiger partial charge in [-0.15, -0.1) is 11.3 Å². The summed E-state index contributed by atoms with van der Waals surface area (Å²) in [5.74, 6) is 1.41. The van der Waals surface area contributed by atoms with E-state index in [9.17, 15) is 9.59 Å². The molecule has 0 bridgehead atoms. The molecule has 1 fully saturated rings. The molecule has 1 saturated heterocycles. The van der Waals surface area contributed by atoms with Crippen LogP contribution in [0.2, 0.25) is 0 Å². The lowest BCUT2D eigenvalue weighted by atomic mass is 9.92. The molecule has 0 radical (unpaired) electrons. The molecule has 3 heterocycles. The highest BCUT2D eigenvalue weighted by atomic mass is 32.1. The van der Waals surface area contributed by atoms with Crippen molar-refractivity contribution in [2.75, 3.05) is 29.9 Å². The molecule has 1 aromatic carbocycles. The Balaban J connectivity index is 1.39. The summed E-state index contributed by atoms with van der Waals surface area (Å²) in [5.41, 5.74) is 3.60. The lowest BCUT2D eigenvalue weighted by molar-refractivity contribution is -0.118. The fraction of sp³-hybridized carbons (Fsp3) is 0.522. The number of piperidine rings is 1. The summed E-state index contributed by atoms with van der Waals surface area (Å²) >= 11 is 1.47. The number of rotatable bonds is 5. The van der Waals surface area contributed by atoms with Crippen molar-refractivity contribution in [3.63, 3.8) is 0 Å². The van der Waals surface area contributed by atoms with E-state index in [2.05, 4.69) is 29.0 Å². The Morgan fingerprint density at radius 3 is 2.73 bits per heavy atom. The second kappa shape index (κ2) is 8.86. The molecule has 0 unspecified atom stereocenters. The van der Waals surface area contributed by atoms with Crippen LogP contribution in [-0.2, 0) is 17.8 Å². The molecule has 2 atom stereocenters. The molecule has 160 valence electrons. The monoisotopic (exact) mass is 426 g/mol. The van der Waals surface area contributed by atoms with E-state index < -0.39 is 0 Å². The molecule has 2 aliphatic rings. The summed E-state index contributed by atoms with van der Waals surface area (Å²) in [6, 6.07) is 5.58. The molecule has 2 aromatic rings. The van der Waals surface area contributed by atoms with Gasteiger partial charge in [0.1, 0.15) is 0 Å². The Bertz CT molecular complexity index is 931. The largest absolute Gasteiger partial charge is 0.312 e. The average Bonchev–Trinajstić information content (AvgIpc) is 3.32. The van der Waals surface area contributed by atoms with E-state index in [0.29, 0.717) is 23.7 Å². The van der Waals surface area contributed by atoms with Crippen molar-refractivity contribution in [3.05, 3.63) is 40.4 Å². The highest BCUT2D eigenvalue weighted by Gasteiger charge is 2.25. The van der Waals surface area contributed by atoms with Crippen molar-refractivity contribution in [2.24, 2.45) is 11.8 Å². The Labute approximate surface area is 182 Å². The van der Waals surface area contributed by atoms with Gasteiger partial charge in [-0.3, -0.25) is 19.8 Å². The lowest BCUT2D eigenvalue weighted by Crippen LogP contribution is -2.38. The Morgan fingerprint density at radius 1 is 1.23 bits per heavy atom. The number of aromatic nitrogens is 1. The molecule has 7 heteroatoms. The second-order valence-electron chi connectivity index (χ2n) is 8.73. The Kier molecular flexibility index (Phi) is 6.20. The number of nitrogens with one attached hydrogen (secondary N) is 1. The minimum Gasteiger partial charge on any atom is -0.312 e. The van der Waals surface area contributed by atoms with Crippen LogP contribution in [0.3, 0.4) is 0 Å². The fourth-order valence-corrected chi connectivity index (χ4v) is 5.45. The van der Waals surface area contributed by atoms with Gasteiger partial charge in [-0.1, -0.05) is 20.8 Å². The molecule has 6 nitrogen and oxygen atoms in total. The fourth-order valence-electron chi connectivity index (χ4n) is 4.75. The number of carbonyl (C=O) groups excluding carboxylic acids is 2. The summed E-state index contributed by atoms with van der Waals surface area (Å²) < 4.78 is 0. The van der Waals surface area contributed by atoms with Crippen molar-refractivity contribution >= 4 is 34.0 Å². The first kappa shape index (κ1) is 21.0. The number of nitrogens with zero attached hydrogens (tertiary/aromatic N) is 3. The highest BCUT2D eigenvalue weighted by molar-refractivity contribution is 7.14. The number of hydrogen-bond donors (Lipinski definition) is 1. The number of hydrogen-bond acceptors (Lipinski definition) is 5. The van der Waals surface area contributed by atoms with Gasteiger partial charge in [0.2, 0.25) is 5.91 Å². The van der Waals surface area contributed by atoms with Crippen LogP contribution < -0.4 is 10.2 Å². The number of carbonyl (C=O) groups is 2. The predicted octanol–water partition coefficient (Wildman–Crippen LogP) is 4.17. The molecular weight excluding hydrogens is 396 g/mol. The van der Waals surface area contributed by atoms with Crippen LogP contribution in [0.5, 0.6) is 0 Å². The van der Waals surface area contributed by atoms with Crippen molar-refractivity contribution < 1.29 is 9.59 Å². The third-order valence-corrected chi connectivity index (χ3v) is 6.75. The number of thiazole rings is 1. The van der Waals surface area contributed by atoms with Crippen LogP contribution in [0, 0.1) is 11.8 Å². The Hall–Kier alpha value is -2.25. The molecule has 2 amide bonds. The highest BCUT2D eigenvalue weighted by Crippen LogP contribution is 2.30. The van der Waals surface area contributed by atoms with E-state index >= 15 is 0 Å². The van der Waals surface area contributed by atoms with Crippen LogP contribution in [-0.4, -0.2) is 41.3 Å². The summed E-state index contributed by atoms with van der Waals surface area (Å²) in [6.45, 7) is 10.2. The predicted molar refractivity (Wildman–Crippen MR) is 121 cm³/mol. The second-order valence-corrected chi connectivity index (χ2v) is 9.59. The van der Waals surface area contributed by atoms with E-state index in [1.807, 2.05) is 29.3 Å². The quantitative estimate of drug-likeness (QED) is 0.779. The van der Waals surface area contributed by atoms with E-state index in [-0.39, 0.29) is 11.8 Å². The van der Waals surface area contributed by atoms with Gasteiger partial charge in [-0.05, 0) is 48.4 Å². The lowest BCUT2D eigenvalue weighted by Gasteiger charge is -2.34. The van der Waals surface area contributed by atoms with Crippen molar-refractivity contribution in [1.29, 1.82) is 0 Å². The van der Waals surface area contributed by atoms with Gasteiger partial charge >= 0.3 is 0 Å². The van der Waals surface area contributed by atoms with Crippen molar-refractivity contribution in [1.82, 2.24) is 9.88 Å². The molecule has 30 heavy (non-hydrogen) atoms. The first-order valence-electron chi connectivity index (χ1n) is 10.8. The van der Waals surface area contributed by atoms with Crippen LogP contribution >= 0.6 is 11.3 Å². The van der Waals surface area contributed by atoms with Gasteiger partial charge in [0.25, 0.3) is 5.91 Å². The maximum atomic E-state index is 12.7. The van der Waals surface area contributed by atoms with Crippen LogP contribution in [0.4, 0.5) is 10.8 Å². The summed E-state index contributed by atoms with van der Waals surface area (Å²) in [4.78, 5) is 33.7. The van der Waals surface area contributed by atoms with E-state index in [4.69, 9.17) is 0 Å². The van der Waals surface area contributed by atoms with Gasteiger partial charge in [0.15, 0.2) is 5.13 Å². The summed E-state index contributed by atoms with van der Waals surface area (Å²) in [7, 11) is 0. The first-order chi connectivity index (χ1) is 14.4. The summed E-state index contributed by atoms with van der Waals surface area (Å²) in [6.07, 6.45) is 2.57. The summed E-state index contributed by atoms with van der Waals surface area (Å²) in [5, 5.41) is 5.61. The number of anilines is 2. The molecular formula is C23H30N4O2S. The SMILES string of the molecule is CCC(=O)N1CCc2cc(C(=O)Nc3nc(CN4C[C@@H](C)C[C@H](C)C4)cs3)ccc21. The van der Waals surface area contributed by atoms with Crippen LogP contribution in [0.1, 0.15) is 55.2 Å². The number of fused-ring (bicyclic) bond motifs is 1. The maximum Gasteiger partial charge on any atom is 0.257 e. The zero-order valence-electron chi connectivity index (χ0n) is 18.0. The van der Waals surface area contributed by atoms with Gasteiger partial charge in [0, 0.05) is 49.2 Å². The van der Waals surface area contributed by atoms with Crippen molar-refractivity contribution in [2.45, 2.75) is 46.6 Å². The third-order valence-electron chi connectivity index (χ3n) is 5.94. The van der Waals surface area contributed by atoms with E-state index in [0.717, 1.165) is 54.8 Å². The number of benzene rings is 1. The van der Waals surface area contributed by atoms with Gasteiger partial charge in [0.05, 0.1) is 5.69 Å². The molecule has 0 saturated carbocycles. The van der Waals surface area contributed by atoms with Gasteiger partial charge < -0.3 is 4.90 Å². The van der Waals surface area contributed by atoms with Gasteiger partial charge in [-0.2, -0.15) is 0 Å². The normalized spacial score (nSPS) is 21.5. The third kappa shape index (κ3) is 4.57. The molecule has 0 spiro atoms. The zero-order valence-corrected chi connectivity index (χ0v) is 18.8. The maximum absolute atomic E-state index is 12.7. The van der Waals surface area contributed by atoms with Crippen LogP contribution in [0.25, 0.3) is 0 Å². The Morgan fingerprint density at radius 2 is 2.00 bits per heavy atom. The smallest absolute Gasteiger partial charge is 0.257 e. The topological polar surface area (TPSA) is 65.5 Å².